The molecular weight excluding hydrogens is 372 g/mol. The minimum absolute atomic E-state index is 0.00307. The molecule has 1 saturated heterocycles. The third-order valence-electron chi connectivity index (χ3n) is 4.91. The van der Waals surface area contributed by atoms with Crippen molar-refractivity contribution in [2.24, 2.45) is 5.92 Å². The topological polar surface area (TPSA) is 74.3 Å². The van der Waals surface area contributed by atoms with Gasteiger partial charge >= 0.3 is 0 Å². The van der Waals surface area contributed by atoms with Gasteiger partial charge in [-0.15, -0.1) is 0 Å². The number of rotatable bonds is 4. The van der Waals surface area contributed by atoms with Crippen molar-refractivity contribution in [2.45, 2.75) is 44.2 Å². The summed E-state index contributed by atoms with van der Waals surface area (Å²) >= 11 is 3.30. The highest BCUT2D eigenvalue weighted by atomic mass is 79.9. The van der Waals surface area contributed by atoms with Crippen molar-refractivity contribution in [3.05, 3.63) is 22.8 Å². The Morgan fingerprint density at radius 1 is 1.38 bits per heavy atom. The molecular formula is C17H23BrN4O2. The standard InChI is InChI=1S/C17H23BrN4O2/c1-22(10-16(23)21-15-7-6-12(18)9-19-15)17(24)14-8-11-4-2-3-5-13(11)20-14/h6-7,9,11,13-14,20H,2-5,8,10H2,1H3,(H,19,21,23). The fourth-order valence-electron chi connectivity index (χ4n) is 3.70. The number of nitrogens with zero attached hydrogens (tertiary/aromatic N) is 2. The quantitative estimate of drug-likeness (QED) is 0.820. The molecule has 2 amide bonds. The average molecular weight is 395 g/mol. The molecule has 3 rings (SSSR count). The van der Waals surface area contributed by atoms with Crippen LogP contribution in [0.2, 0.25) is 0 Å². The molecule has 0 bridgehead atoms. The summed E-state index contributed by atoms with van der Waals surface area (Å²) in [5.41, 5.74) is 0. The van der Waals surface area contributed by atoms with E-state index in [2.05, 4.69) is 31.5 Å². The molecule has 2 fully saturated rings. The van der Waals surface area contributed by atoms with Gasteiger partial charge in [0.1, 0.15) is 5.82 Å². The molecule has 1 aliphatic heterocycles. The van der Waals surface area contributed by atoms with E-state index in [1.54, 1.807) is 19.3 Å². The van der Waals surface area contributed by atoms with Gasteiger partial charge in [-0.05, 0) is 53.2 Å². The second-order valence-electron chi connectivity index (χ2n) is 6.71. The molecule has 7 heteroatoms. The molecule has 0 aromatic carbocycles. The predicted octanol–water partition coefficient (Wildman–Crippen LogP) is 2.16. The highest BCUT2D eigenvalue weighted by Crippen LogP contribution is 2.33. The van der Waals surface area contributed by atoms with Crippen molar-refractivity contribution in [1.29, 1.82) is 0 Å². The van der Waals surface area contributed by atoms with Crippen molar-refractivity contribution in [1.82, 2.24) is 15.2 Å². The third-order valence-corrected chi connectivity index (χ3v) is 5.38. The first-order valence-electron chi connectivity index (χ1n) is 8.45. The Hall–Kier alpha value is -1.47. The van der Waals surface area contributed by atoms with E-state index in [1.165, 1.54) is 24.2 Å². The first-order chi connectivity index (χ1) is 11.5. The Morgan fingerprint density at radius 3 is 2.88 bits per heavy atom. The van der Waals surface area contributed by atoms with E-state index in [0.717, 1.165) is 17.3 Å². The van der Waals surface area contributed by atoms with Gasteiger partial charge < -0.3 is 15.5 Å². The Kier molecular flexibility index (Phi) is 5.50. The third kappa shape index (κ3) is 4.13. The number of carbonyl (C=O) groups is 2. The molecule has 3 unspecified atom stereocenters. The number of carbonyl (C=O) groups excluding carboxylic acids is 2. The second-order valence-corrected chi connectivity index (χ2v) is 7.63. The molecule has 6 nitrogen and oxygen atoms in total. The van der Waals surface area contributed by atoms with E-state index in [4.69, 9.17) is 0 Å². The van der Waals surface area contributed by atoms with Gasteiger partial charge in [-0.1, -0.05) is 12.8 Å². The highest BCUT2D eigenvalue weighted by molar-refractivity contribution is 9.10. The van der Waals surface area contributed by atoms with Crippen LogP contribution in [-0.4, -0.2) is 47.4 Å². The van der Waals surface area contributed by atoms with Gasteiger partial charge in [-0.3, -0.25) is 9.59 Å². The summed E-state index contributed by atoms with van der Waals surface area (Å²) in [7, 11) is 1.68. The maximum atomic E-state index is 12.6. The SMILES string of the molecule is CN(CC(=O)Nc1ccc(Br)cn1)C(=O)C1CC2CCCCC2N1. The van der Waals surface area contributed by atoms with E-state index in [9.17, 15) is 9.59 Å². The van der Waals surface area contributed by atoms with Crippen LogP contribution >= 0.6 is 15.9 Å². The molecule has 1 aromatic heterocycles. The monoisotopic (exact) mass is 394 g/mol. The zero-order valence-electron chi connectivity index (χ0n) is 13.8. The number of anilines is 1. The average Bonchev–Trinajstić information content (AvgIpc) is 3.00. The largest absolute Gasteiger partial charge is 0.335 e. The summed E-state index contributed by atoms with van der Waals surface area (Å²) in [6, 6.07) is 3.85. The number of likely N-dealkylation sites (N-methyl/N-ethyl adjacent to an activating group) is 1. The fraction of sp³-hybridized carbons (Fsp3) is 0.588. The van der Waals surface area contributed by atoms with Crippen molar-refractivity contribution < 1.29 is 9.59 Å². The minimum atomic E-state index is -0.240. The Balaban J connectivity index is 1.50. The number of fused-ring (bicyclic) bond motifs is 1. The normalized spacial score (nSPS) is 25.8. The first-order valence-corrected chi connectivity index (χ1v) is 9.24. The summed E-state index contributed by atoms with van der Waals surface area (Å²) in [6.45, 7) is 0.0318. The number of hydrogen-bond donors (Lipinski definition) is 2. The van der Waals surface area contributed by atoms with Crippen LogP contribution in [0.25, 0.3) is 0 Å². The van der Waals surface area contributed by atoms with E-state index in [-0.39, 0.29) is 24.4 Å². The molecule has 24 heavy (non-hydrogen) atoms. The molecule has 1 aliphatic carbocycles. The van der Waals surface area contributed by atoms with Crippen LogP contribution in [0, 0.1) is 5.92 Å². The summed E-state index contributed by atoms with van der Waals surface area (Å²) in [5.74, 6) is 0.857. The summed E-state index contributed by atoms with van der Waals surface area (Å²) in [4.78, 5) is 30.3. The van der Waals surface area contributed by atoms with Gasteiger partial charge in [0.2, 0.25) is 11.8 Å². The number of halogens is 1. The smallest absolute Gasteiger partial charge is 0.245 e. The van der Waals surface area contributed by atoms with Crippen molar-refractivity contribution in [3.63, 3.8) is 0 Å². The fourth-order valence-corrected chi connectivity index (χ4v) is 3.94. The van der Waals surface area contributed by atoms with Gasteiger partial charge in [-0.25, -0.2) is 4.98 Å². The number of amides is 2. The van der Waals surface area contributed by atoms with Crippen LogP contribution in [0.3, 0.4) is 0 Å². The summed E-state index contributed by atoms with van der Waals surface area (Å²) < 4.78 is 0.849. The molecule has 1 aromatic rings. The Morgan fingerprint density at radius 2 is 2.17 bits per heavy atom. The van der Waals surface area contributed by atoms with Gasteiger partial charge in [-0.2, -0.15) is 0 Å². The lowest BCUT2D eigenvalue weighted by Crippen LogP contribution is -2.46. The van der Waals surface area contributed by atoms with E-state index >= 15 is 0 Å². The molecule has 2 heterocycles. The molecule has 0 spiro atoms. The van der Waals surface area contributed by atoms with Gasteiger partial charge in [0.25, 0.3) is 0 Å². The molecule has 130 valence electrons. The molecule has 3 atom stereocenters. The van der Waals surface area contributed by atoms with Crippen LogP contribution in [0.1, 0.15) is 32.1 Å². The van der Waals surface area contributed by atoms with Gasteiger partial charge in [0.05, 0.1) is 12.6 Å². The lowest BCUT2D eigenvalue weighted by atomic mass is 9.85. The van der Waals surface area contributed by atoms with Crippen LogP contribution < -0.4 is 10.6 Å². The number of aromatic nitrogens is 1. The van der Waals surface area contributed by atoms with Gasteiger partial charge in [0, 0.05) is 23.8 Å². The number of hydrogen-bond acceptors (Lipinski definition) is 4. The maximum absolute atomic E-state index is 12.6. The Labute approximate surface area is 150 Å². The van der Waals surface area contributed by atoms with Crippen molar-refractivity contribution in [2.75, 3.05) is 18.9 Å². The van der Waals surface area contributed by atoms with E-state index in [0.29, 0.717) is 17.8 Å². The maximum Gasteiger partial charge on any atom is 0.245 e. The number of pyridine rings is 1. The predicted molar refractivity (Wildman–Crippen MR) is 95.5 cm³/mol. The molecule has 2 N–H and O–H groups in total. The minimum Gasteiger partial charge on any atom is -0.335 e. The molecule has 1 saturated carbocycles. The van der Waals surface area contributed by atoms with Crippen LogP contribution in [0.5, 0.6) is 0 Å². The highest BCUT2D eigenvalue weighted by Gasteiger charge is 2.39. The van der Waals surface area contributed by atoms with Gasteiger partial charge in [0.15, 0.2) is 0 Å². The van der Waals surface area contributed by atoms with E-state index in [1.807, 2.05) is 6.07 Å². The first kappa shape index (κ1) is 17.4. The lowest BCUT2D eigenvalue weighted by molar-refractivity contribution is -0.134. The zero-order valence-corrected chi connectivity index (χ0v) is 15.4. The van der Waals surface area contributed by atoms with Crippen molar-refractivity contribution in [3.8, 4) is 0 Å². The van der Waals surface area contributed by atoms with E-state index < -0.39 is 0 Å². The second kappa shape index (κ2) is 7.61. The van der Waals surface area contributed by atoms with Crippen molar-refractivity contribution >= 4 is 33.6 Å². The number of nitrogens with one attached hydrogen (secondary N) is 2. The Bertz CT molecular complexity index is 593. The van der Waals surface area contributed by atoms with Crippen LogP contribution in [-0.2, 0) is 9.59 Å². The van der Waals surface area contributed by atoms with Crippen LogP contribution in [0.4, 0.5) is 5.82 Å². The van der Waals surface area contributed by atoms with Crippen LogP contribution in [0.15, 0.2) is 22.8 Å². The summed E-state index contributed by atoms with van der Waals surface area (Å²) in [5, 5.41) is 6.17. The molecule has 0 radical (unpaired) electrons. The summed E-state index contributed by atoms with van der Waals surface area (Å²) in [6.07, 6.45) is 7.39. The lowest BCUT2D eigenvalue weighted by Gasteiger charge is -2.24. The zero-order chi connectivity index (χ0) is 17.1. The molecule has 2 aliphatic rings.